The number of hydrogen-bond donors (Lipinski definition) is 1. The van der Waals surface area contributed by atoms with E-state index in [9.17, 15) is 4.79 Å². The third-order valence-electron chi connectivity index (χ3n) is 12.7. The molecule has 1 aliphatic carbocycles. The molecule has 2 aliphatic rings. The molecule has 2 fully saturated rings. The standard InChI is InChI=1S/C43H69N5O5Si2/c1-29(2)32-22-21-30(3)24-34(32)50-23-17-20-33-39-40(47-41(45-33)46-37(49)25-31-18-15-14-16-19-31)48(28-44-39)38-26-35(53-55(12,13)43(7,8)9)36(52-38)27-51-54(10,11)42(4,5)6/h14-20,28-30,32,34-36,38H,21-27H2,1-13H3,(H,45,46,47,49)/b20-17+/t30-,32+,34-,35+,36-,38-/m1/s1. The van der Waals surface area contributed by atoms with Gasteiger partial charge in [0.1, 0.15) is 17.8 Å². The fourth-order valence-electron chi connectivity index (χ4n) is 7.12. The Morgan fingerprint density at radius 2 is 1.67 bits per heavy atom. The first-order valence-electron chi connectivity index (χ1n) is 20.5. The summed E-state index contributed by atoms with van der Waals surface area (Å²) in [5.41, 5.74) is 2.76. The second-order valence-corrected chi connectivity index (χ2v) is 29.0. The summed E-state index contributed by atoms with van der Waals surface area (Å²) in [5.74, 6) is 1.84. The van der Waals surface area contributed by atoms with Gasteiger partial charge in [0.2, 0.25) is 11.9 Å². The normalized spacial score (nSPS) is 24.3. The maximum atomic E-state index is 13.3. The molecule has 6 atom stereocenters. The van der Waals surface area contributed by atoms with Crippen molar-refractivity contribution in [2.24, 2.45) is 17.8 Å². The number of nitrogens with zero attached hydrogens (tertiary/aromatic N) is 4. The van der Waals surface area contributed by atoms with Crippen LogP contribution in [-0.2, 0) is 29.5 Å². The first kappa shape index (κ1) is 43.4. The van der Waals surface area contributed by atoms with Crippen LogP contribution in [0.1, 0.15) is 105 Å². The molecule has 1 aliphatic heterocycles. The van der Waals surface area contributed by atoms with Gasteiger partial charge in [0.05, 0.1) is 43.9 Å². The van der Waals surface area contributed by atoms with Crippen LogP contribution in [0.2, 0.25) is 36.3 Å². The van der Waals surface area contributed by atoms with Gasteiger partial charge >= 0.3 is 0 Å². The largest absolute Gasteiger partial charge is 0.414 e. The number of carbonyl (C=O) groups is 1. The highest BCUT2D eigenvalue weighted by atomic mass is 28.4. The molecule has 304 valence electrons. The van der Waals surface area contributed by atoms with E-state index in [1.807, 2.05) is 47.1 Å². The van der Waals surface area contributed by atoms with Gasteiger partial charge in [-0.3, -0.25) is 14.7 Å². The molecule has 10 nitrogen and oxygen atoms in total. The monoisotopic (exact) mass is 791 g/mol. The topological polar surface area (TPSA) is 110 Å². The zero-order chi connectivity index (χ0) is 40.3. The Morgan fingerprint density at radius 3 is 2.33 bits per heavy atom. The Hall–Kier alpha value is -2.75. The smallest absolute Gasteiger partial charge is 0.232 e. The molecule has 0 bridgehead atoms. The summed E-state index contributed by atoms with van der Waals surface area (Å²) >= 11 is 0. The quantitative estimate of drug-likeness (QED) is 0.161. The second-order valence-electron chi connectivity index (χ2n) is 19.4. The van der Waals surface area contributed by atoms with Crippen molar-refractivity contribution in [1.82, 2.24) is 19.5 Å². The molecule has 3 aromatic rings. The average molecular weight is 792 g/mol. The molecule has 1 saturated carbocycles. The zero-order valence-electron chi connectivity index (χ0n) is 35.9. The third kappa shape index (κ3) is 10.8. The lowest BCUT2D eigenvalue weighted by Crippen LogP contribution is -2.48. The van der Waals surface area contributed by atoms with E-state index in [0.717, 1.165) is 12.0 Å². The predicted octanol–water partition coefficient (Wildman–Crippen LogP) is 10.2. The molecule has 1 saturated heterocycles. The lowest BCUT2D eigenvalue weighted by atomic mass is 9.75. The fourth-order valence-corrected chi connectivity index (χ4v) is 9.50. The van der Waals surface area contributed by atoms with Crippen LogP contribution in [0.25, 0.3) is 17.2 Å². The maximum Gasteiger partial charge on any atom is 0.232 e. The second kappa shape index (κ2) is 17.4. The van der Waals surface area contributed by atoms with Gasteiger partial charge < -0.3 is 18.3 Å². The van der Waals surface area contributed by atoms with Crippen molar-refractivity contribution >= 4 is 45.7 Å². The molecule has 55 heavy (non-hydrogen) atoms. The molecule has 0 unspecified atom stereocenters. The van der Waals surface area contributed by atoms with E-state index < -0.39 is 22.9 Å². The molecule has 1 amide bonds. The summed E-state index contributed by atoms with van der Waals surface area (Å²) in [6, 6.07) is 9.68. The van der Waals surface area contributed by atoms with Crippen LogP contribution >= 0.6 is 0 Å². The first-order chi connectivity index (χ1) is 25.6. The van der Waals surface area contributed by atoms with E-state index in [2.05, 4.69) is 93.8 Å². The Bertz CT molecular complexity index is 1760. The molecule has 2 aromatic heterocycles. The lowest BCUT2D eigenvalue weighted by Gasteiger charge is -2.40. The molecule has 12 heteroatoms. The van der Waals surface area contributed by atoms with Crippen molar-refractivity contribution < 1.29 is 23.1 Å². The Morgan fingerprint density at radius 1 is 0.982 bits per heavy atom. The van der Waals surface area contributed by atoms with Crippen LogP contribution in [0.3, 0.4) is 0 Å². The lowest BCUT2D eigenvalue weighted by molar-refractivity contribution is -0.115. The predicted molar refractivity (Wildman–Crippen MR) is 228 cm³/mol. The summed E-state index contributed by atoms with van der Waals surface area (Å²) in [7, 11) is -4.20. The van der Waals surface area contributed by atoms with Crippen molar-refractivity contribution in [2.45, 2.75) is 155 Å². The molecule has 0 spiro atoms. The molecule has 0 radical (unpaired) electrons. The van der Waals surface area contributed by atoms with Crippen molar-refractivity contribution in [3.8, 4) is 0 Å². The third-order valence-corrected chi connectivity index (χ3v) is 21.7. The van der Waals surface area contributed by atoms with Gasteiger partial charge in [-0.2, -0.15) is 4.98 Å². The number of carbonyl (C=O) groups excluding carboxylic acids is 1. The number of ether oxygens (including phenoxy) is 2. The Balaban J connectivity index is 1.45. The van der Waals surface area contributed by atoms with Gasteiger partial charge in [0.15, 0.2) is 22.3 Å². The van der Waals surface area contributed by atoms with Gasteiger partial charge in [-0.05, 0) is 78.5 Å². The number of fused-ring (bicyclic) bond motifs is 1. The van der Waals surface area contributed by atoms with Crippen LogP contribution < -0.4 is 5.32 Å². The number of aromatic nitrogens is 4. The summed E-state index contributed by atoms with van der Waals surface area (Å²) in [6.07, 6.45) is 9.55. The zero-order valence-corrected chi connectivity index (χ0v) is 37.9. The summed E-state index contributed by atoms with van der Waals surface area (Å²) in [4.78, 5) is 27.8. The van der Waals surface area contributed by atoms with Crippen molar-refractivity contribution in [3.63, 3.8) is 0 Å². The highest BCUT2D eigenvalue weighted by Crippen LogP contribution is 2.43. The molecule has 1 N–H and O–H groups in total. The number of anilines is 1. The molecular formula is C43H69N5O5Si2. The van der Waals surface area contributed by atoms with E-state index in [-0.39, 0.29) is 46.7 Å². The van der Waals surface area contributed by atoms with Crippen LogP contribution in [0.5, 0.6) is 0 Å². The summed E-state index contributed by atoms with van der Waals surface area (Å²) in [6.45, 7) is 30.5. The van der Waals surface area contributed by atoms with Gasteiger partial charge in [0, 0.05) is 6.42 Å². The summed E-state index contributed by atoms with van der Waals surface area (Å²) in [5, 5.41) is 3.07. The molecule has 5 rings (SSSR count). The van der Waals surface area contributed by atoms with Crippen LogP contribution in [0.15, 0.2) is 42.7 Å². The van der Waals surface area contributed by atoms with Crippen LogP contribution in [0.4, 0.5) is 5.95 Å². The van der Waals surface area contributed by atoms with Gasteiger partial charge in [-0.15, -0.1) is 0 Å². The van der Waals surface area contributed by atoms with Gasteiger partial charge in [-0.25, -0.2) is 9.97 Å². The Kier molecular flexibility index (Phi) is 13.7. The highest BCUT2D eigenvalue weighted by Gasteiger charge is 2.47. The fraction of sp³-hybridized carbons (Fsp3) is 0.674. The van der Waals surface area contributed by atoms with E-state index in [0.29, 0.717) is 54.2 Å². The number of imidazole rings is 1. The van der Waals surface area contributed by atoms with Crippen LogP contribution in [-0.4, -0.2) is 73.6 Å². The average Bonchev–Trinajstić information content (AvgIpc) is 3.68. The van der Waals surface area contributed by atoms with Gasteiger partial charge in [0.25, 0.3) is 0 Å². The van der Waals surface area contributed by atoms with Crippen molar-refractivity contribution in [3.05, 3.63) is 54.0 Å². The molecular weight excluding hydrogens is 723 g/mol. The maximum absolute atomic E-state index is 13.3. The van der Waals surface area contributed by atoms with Gasteiger partial charge in [-0.1, -0.05) is 105 Å². The van der Waals surface area contributed by atoms with E-state index in [4.69, 9.17) is 33.3 Å². The van der Waals surface area contributed by atoms with Crippen molar-refractivity contribution in [1.29, 1.82) is 0 Å². The van der Waals surface area contributed by atoms with E-state index >= 15 is 0 Å². The Labute approximate surface area is 332 Å². The van der Waals surface area contributed by atoms with E-state index in [1.54, 1.807) is 6.33 Å². The minimum absolute atomic E-state index is 0.0353. The minimum Gasteiger partial charge on any atom is -0.414 e. The highest BCUT2D eigenvalue weighted by molar-refractivity contribution is 6.74. The SMILES string of the molecule is CC(C)[C@@H]1CC[C@@H](C)C[C@H]1OC/C=C/c1nc(NC(=O)Cc2ccccc2)nc2c1ncn2[C@H]1C[C@H](O[Si](C)(C)C(C)(C)C)[C@@H](CO[Si](C)(C)C(C)(C)C)O1. The first-order valence-corrected chi connectivity index (χ1v) is 26.3. The summed E-state index contributed by atoms with van der Waals surface area (Å²) < 4.78 is 29.2. The molecule has 1 aromatic carbocycles. The van der Waals surface area contributed by atoms with Crippen LogP contribution in [0, 0.1) is 17.8 Å². The minimum atomic E-state index is -2.15. The van der Waals surface area contributed by atoms with Crippen molar-refractivity contribution in [2.75, 3.05) is 18.5 Å². The number of rotatable bonds is 14. The number of nitrogens with one attached hydrogen (secondary N) is 1. The number of benzene rings is 1. The number of hydrogen-bond acceptors (Lipinski definition) is 8. The number of amides is 1. The van der Waals surface area contributed by atoms with E-state index in [1.165, 1.54) is 12.8 Å². The molecule has 3 heterocycles.